The molecule has 1 N–H and O–H groups in total. The van der Waals surface area contributed by atoms with E-state index in [-0.39, 0.29) is 6.42 Å². The number of carboxylic acid groups (broad SMARTS) is 1. The van der Waals surface area contributed by atoms with E-state index in [0.29, 0.717) is 46.5 Å². The smallest absolute Gasteiger partial charge is 0.416 e. The van der Waals surface area contributed by atoms with Crippen LogP contribution in [0.5, 0.6) is 17.2 Å². The number of rotatable bonds is 8. The van der Waals surface area contributed by atoms with Gasteiger partial charge in [-0.2, -0.15) is 13.2 Å². The molecule has 1 fully saturated rings. The highest BCUT2D eigenvalue weighted by molar-refractivity contribution is 5.71. The molecule has 1 aliphatic carbocycles. The SMILES string of the molecule is O=C(O)Cc1cc(OCC2CC2)cc(Oc2cccc(-c3ccc(C(F)(F)F)cc3)c2)c1. The van der Waals surface area contributed by atoms with Crippen molar-refractivity contribution in [2.45, 2.75) is 25.4 Å². The van der Waals surface area contributed by atoms with Gasteiger partial charge in [-0.15, -0.1) is 0 Å². The molecule has 0 saturated heterocycles. The van der Waals surface area contributed by atoms with E-state index in [1.165, 1.54) is 12.1 Å². The van der Waals surface area contributed by atoms with E-state index in [9.17, 15) is 18.0 Å². The summed E-state index contributed by atoms with van der Waals surface area (Å²) in [5.74, 6) is 1.04. The lowest BCUT2D eigenvalue weighted by Crippen LogP contribution is -2.04. The van der Waals surface area contributed by atoms with E-state index in [0.717, 1.165) is 25.0 Å². The highest BCUT2D eigenvalue weighted by atomic mass is 19.4. The summed E-state index contributed by atoms with van der Waals surface area (Å²) in [5, 5.41) is 9.15. The average Bonchev–Trinajstić information content (AvgIpc) is 3.56. The number of hydrogen-bond acceptors (Lipinski definition) is 3. The number of carboxylic acids is 1. The largest absolute Gasteiger partial charge is 0.493 e. The zero-order chi connectivity index (χ0) is 22.7. The number of hydrogen-bond donors (Lipinski definition) is 1. The molecule has 4 nitrogen and oxygen atoms in total. The summed E-state index contributed by atoms with van der Waals surface area (Å²) in [4.78, 5) is 11.2. The van der Waals surface area contributed by atoms with Gasteiger partial charge in [0.1, 0.15) is 17.2 Å². The third-order valence-corrected chi connectivity index (χ3v) is 5.09. The Kier molecular flexibility index (Phi) is 6.08. The minimum atomic E-state index is -4.39. The predicted molar refractivity (Wildman–Crippen MR) is 113 cm³/mol. The second-order valence-electron chi connectivity index (χ2n) is 7.84. The molecule has 3 aromatic rings. The van der Waals surface area contributed by atoms with Crippen LogP contribution < -0.4 is 9.47 Å². The average molecular weight is 442 g/mol. The Bertz CT molecular complexity index is 1100. The van der Waals surface area contributed by atoms with E-state index < -0.39 is 17.7 Å². The van der Waals surface area contributed by atoms with Crippen molar-refractivity contribution in [1.29, 1.82) is 0 Å². The Hall–Kier alpha value is -3.48. The molecule has 0 spiro atoms. The fourth-order valence-corrected chi connectivity index (χ4v) is 3.28. The molecule has 1 saturated carbocycles. The number of halogens is 3. The van der Waals surface area contributed by atoms with Gasteiger partial charge in [-0.05, 0) is 71.8 Å². The lowest BCUT2D eigenvalue weighted by molar-refractivity contribution is -0.138. The molecule has 0 atom stereocenters. The predicted octanol–water partition coefficient (Wildman–Crippen LogP) is 6.58. The number of benzene rings is 3. The Labute approximate surface area is 183 Å². The van der Waals surface area contributed by atoms with Crippen molar-refractivity contribution in [1.82, 2.24) is 0 Å². The van der Waals surface area contributed by atoms with Gasteiger partial charge in [0.05, 0.1) is 18.6 Å². The van der Waals surface area contributed by atoms with Crippen LogP contribution in [0.3, 0.4) is 0 Å². The van der Waals surface area contributed by atoms with Gasteiger partial charge in [0.2, 0.25) is 0 Å². The Balaban J connectivity index is 1.55. The minimum Gasteiger partial charge on any atom is -0.493 e. The summed E-state index contributed by atoms with van der Waals surface area (Å²) in [6, 6.07) is 16.9. The fourth-order valence-electron chi connectivity index (χ4n) is 3.28. The number of carbonyl (C=O) groups is 1. The van der Waals surface area contributed by atoms with Crippen LogP contribution in [-0.4, -0.2) is 17.7 Å². The van der Waals surface area contributed by atoms with E-state index >= 15 is 0 Å². The summed E-state index contributed by atoms with van der Waals surface area (Å²) < 4.78 is 50.2. The quantitative estimate of drug-likeness (QED) is 0.428. The van der Waals surface area contributed by atoms with Gasteiger partial charge >= 0.3 is 12.1 Å². The van der Waals surface area contributed by atoms with Gasteiger partial charge in [-0.25, -0.2) is 0 Å². The molecule has 4 rings (SSSR count). The van der Waals surface area contributed by atoms with Crippen LogP contribution in [0, 0.1) is 5.92 Å². The maximum atomic E-state index is 12.8. The van der Waals surface area contributed by atoms with Gasteiger partial charge in [0.25, 0.3) is 0 Å². The first-order valence-corrected chi connectivity index (χ1v) is 10.2. The van der Waals surface area contributed by atoms with Crippen LogP contribution in [0.4, 0.5) is 13.2 Å². The van der Waals surface area contributed by atoms with Crippen LogP contribution in [-0.2, 0) is 17.4 Å². The first-order valence-electron chi connectivity index (χ1n) is 10.2. The van der Waals surface area contributed by atoms with Crippen molar-refractivity contribution >= 4 is 5.97 Å². The Morgan fingerprint density at radius 3 is 2.28 bits per heavy atom. The van der Waals surface area contributed by atoms with E-state index in [1.807, 2.05) is 0 Å². The number of alkyl halides is 3. The molecule has 0 aromatic heterocycles. The zero-order valence-electron chi connectivity index (χ0n) is 17.1. The maximum absolute atomic E-state index is 12.8. The Morgan fingerprint density at radius 1 is 0.906 bits per heavy atom. The zero-order valence-corrected chi connectivity index (χ0v) is 17.1. The van der Waals surface area contributed by atoms with E-state index in [2.05, 4.69) is 0 Å². The van der Waals surface area contributed by atoms with Crippen LogP contribution in [0.15, 0.2) is 66.7 Å². The molecule has 0 aliphatic heterocycles. The Morgan fingerprint density at radius 2 is 1.62 bits per heavy atom. The van der Waals surface area contributed by atoms with Crippen LogP contribution in [0.1, 0.15) is 24.0 Å². The molecule has 0 unspecified atom stereocenters. The third kappa shape index (κ3) is 5.81. The summed E-state index contributed by atoms with van der Waals surface area (Å²) >= 11 is 0. The first-order chi connectivity index (χ1) is 15.3. The minimum absolute atomic E-state index is 0.164. The van der Waals surface area contributed by atoms with Gasteiger partial charge in [-0.1, -0.05) is 24.3 Å². The lowest BCUT2D eigenvalue weighted by atomic mass is 10.0. The van der Waals surface area contributed by atoms with Crippen molar-refractivity contribution in [2.24, 2.45) is 5.92 Å². The highest BCUT2D eigenvalue weighted by Crippen LogP contribution is 2.34. The molecule has 32 heavy (non-hydrogen) atoms. The van der Waals surface area contributed by atoms with Crippen LogP contribution in [0.2, 0.25) is 0 Å². The molecule has 0 amide bonds. The number of ether oxygens (including phenoxy) is 2. The van der Waals surface area contributed by atoms with Crippen LogP contribution >= 0.6 is 0 Å². The lowest BCUT2D eigenvalue weighted by Gasteiger charge is -2.13. The van der Waals surface area contributed by atoms with Gasteiger partial charge in [0, 0.05) is 6.07 Å². The van der Waals surface area contributed by atoms with Crippen molar-refractivity contribution in [2.75, 3.05) is 6.61 Å². The van der Waals surface area contributed by atoms with Crippen molar-refractivity contribution in [3.8, 4) is 28.4 Å². The molecule has 0 heterocycles. The standard InChI is InChI=1S/C25H21F3O4/c26-25(27,28)20-8-6-18(7-9-20)19-2-1-3-21(13-19)32-23-11-17(12-24(29)30)10-22(14-23)31-15-16-4-5-16/h1-3,6-11,13-14,16H,4-5,12,15H2,(H,29,30). The molecule has 0 bridgehead atoms. The summed E-state index contributed by atoms with van der Waals surface area (Å²) in [7, 11) is 0. The molecule has 7 heteroatoms. The molecule has 0 radical (unpaired) electrons. The van der Waals surface area contributed by atoms with Crippen molar-refractivity contribution in [3.05, 3.63) is 77.9 Å². The number of aliphatic carboxylic acids is 1. The monoisotopic (exact) mass is 442 g/mol. The summed E-state index contributed by atoms with van der Waals surface area (Å²) in [6.07, 6.45) is -2.28. The molecule has 166 valence electrons. The van der Waals surface area contributed by atoms with Crippen molar-refractivity contribution < 1.29 is 32.5 Å². The molecule has 3 aromatic carbocycles. The third-order valence-electron chi connectivity index (χ3n) is 5.09. The van der Waals surface area contributed by atoms with E-state index in [4.69, 9.17) is 14.6 Å². The second kappa shape index (κ2) is 8.94. The van der Waals surface area contributed by atoms with Crippen molar-refractivity contribution in [3.63, 3.8) is 0 Å². The van der Waals surface area contributed by atoms with Gasteiger partial charge < -0.3 is 14.6 Å². The van der Waals surface area contributed by atoms with Crippen LogP contribution in [0.25, 0.3) is 11.1 Å². The fraction of sp³-hybridized carbons (Fsp3) is 0.240. The van der Waals surface area contributed by atoms with Gasteiger partial charge in [0.15, 0.2) is 0 Å². The molecular formula is C25H21F3O4. The maximum Gasteiger partial charge on any atom is 0.416 e. The summed E-state index contributed by atoms with van der Waals surface area (Å²) in [5.41, 5.74) is 1.17. The van der Waals surface area contributed by atoms with Gasteiger partial charge in [-0.3, -0.25) is 4.79 Å². The topological polar surface area (TPSA) is 55.8 Å². The molecule has 1 aliphatic rings. The highest BCUT2D eigenvalue weighted by Gasteiger charge is 2.30. The van der Waals surface area contributed by atoms with E-state index in [1.54, 1.807) is 42.5 Å². The normalized spacial score (nSPS) is 13.6. The summed E-state index contributed by atoms with van der Waals surface area (Å²) in [6.45, 7) is 0.583. The first kappa shape index (κ1) is 21.7. The second-order valence-corrected chi connectivity index (χ2v) is 7.84. The molecular weight excluding hydrogens is 421 g/mol.